The van der Waals surface area contributed by atoms with Crippen LogP contribution in [-0.2, 0) is 4.79 Å². The molecule has 0 aliphatic carbocycles. The summed E-state index contributed by atoms with van der Waals surface area (Å²) in [5.41, 5.74) is -0.593. The molecule has 0 radical (unpaired) electrons. The molecule has 0 amide bonds. The SMILES string of the molecule is CC=C(C=C(C)C(F)(F)F)c1n[nH]c(C=CC(=O)O)n1. The Morgan fingerprint density at radius 1 is 1.40 bits per heavy atom. The summed E-state index contributed by atoms with van der Waals surface area (Å²) in [7, 11) is 0. The lowest BCUT2D eigenvalue weighted by Gasteiger charge is -2.06. The van der Waals surface area contributed by atoms with Crippen LogP contribution in [0.15, 0.2) is 23.8 Å². The van der Waals surface area contributed by atoms with Crippen molar-refractivity contribution in [3.63, 3.8) is 0 Å². The standard InChI is InChI=1S/C12H12F3N3O2/c1-3-8(6-7(2)12(13,14)15)11-16-9(17-18-11)4-5-10(19)20/h3-6H,1-2H3,(H,19,20)(H,16,17,18). The van der Waals surface area contributed by atoms with Gasteiger partial charge in [-0.3, -0.25) is 5.10 Å². The minimum Gasteiger partial charge on any atom is -0.478 e. The third-order valence-electron chi connectivity index (χ3n) is 2.27. The first-order valence-corrected chi connectivity index (χ1v) is 5.49. The van der Waals surface area contributed by atoms with E-state index in [1.165, 1.54) is 6.08 Å². The molecule has 1 aromatic rings. The van der Waals surface area contributed by atoms with Crippen molar-refractivity contribution < 1.29 is 23.1 Å². The molecular formula is C12H12F3N3O2. The number of hydrogen-bond acceptors (Lipinski definition) is 3. The van der Waals surface area contributed by atoms with Crippen LogP contribution in [0.2, 0.25) is 0 Å². The Labute approximate surface area is 112 Å². The van der Waals surface area contributed by atoms with E-state index < -0.39 is 17.7 Å². The summed E-state index contributed by atoms with van der Waals surface area (Å²) >= 11 is 0. The number of aromatic nitrogens is 3. The fourth-order valence-corrected chi connectivity index (χ4v) is 1.22. The Morgan fingerprint density at radius 3 is 2.55 bits per heavy atom. The van der Waals surface area contributed by atoms with Crippen molar-refractivity contribution in [2.75, 3.05) is 0 Å². The van der Waals surface area contributed by atoms with Gasteiger partial charge in [-0.25, -0.2) is 9.78 Å². The first kappa shape index (κ1) is 15.7. The topological polar surface area (TPSA) is 78.9 Å². The predicted molar refractivity (Wildman–Crippen MR) is 66.5 cm³/mol. The highest BCUT2D eigenvalue weighted by molar-refractivity contribution is 5.84. The molecule has 1 aromatic heterocycles. The minimum atomic E-state index is -4.42. The largest absolute Gasteiger partial charge is 0.478 e. The lowest BCUT2D eigenvalue weighted by molar-refractivity contribution is -0.131. The maximum Gasteiger partial charge on any atom is 0.412 e. The number of alkyl halides is 3. The van der Waals surface area contributed by atoms with Gasteiger partial charge in [0.2, 0.25) is 0 Å². The lowest BCUT2D eigenvalue weighted by Crippen LogP contribution is -2.09. The van der Waals surface area contributed by atoms with Crippen molar-refractivity contribution in [1.82, 2.24) is 15.2 Å². The van der Waals surface area contributed by atoms with Crippen LogP contribution in [-0.4, -0.2) is 32.4 Å². The predicted octanol–water partition coefficient (Wildman–Crippen LogP) is 2.81. The van der Waals surface area contributed by atoms with Gasteiger partial charge in [0.1, 0.15) is 5.82 Å². The van der Waals surface area contributed by atoms with E-state index in [9.17, 15) is 18.0 Å². The van der Waals surface area contributed by atoms with Gasteiger partial charge in [-0.1, -0.05) is 6.08 Å². The number of H-pyrrole nitrogens is 1. The highest BCUT2D eigenvalue weighted by Crippen LogP contribution is 2.27. The van der Waals surface area contributed by atoms with E-state index in [1.54, 1.807) is 6.92 Å². The molecule has 0 spiro atoms. The highest BCUT2D eigenvalue weighted by Gasteiger charge is 2.30. The summed E-state index contributed by atoms with van der Waals surface area (Å²) in [5, 5.41) is 14.6. The monoisotopic (exact) mass is 287 g/mol. The summed E-state index contributed by atoms with van der Waals surface area (Å²) < 4.78 is 37.4. The normalized spacial score (nSPS) is 14.1. The Morgan fingerprint density at radius 2 is 2.05 bits per heavy atom. The van der Waals surface area contributed by atoms with Gasteiger partial charge in [0, 0.05) is 17.2 Å². The van der Waals surface area contributed by atoms with Crippen LogP contribution in [0.4, 0.5) is 13.2 Å². The Kier molecular flexibility index (Phi) is 4.84. The average molecular weight is 287 g/mol. The van der Waals surface area contributed by atoms with Crippen molar-refractivity contribution in [3.05, 3.63) is 35.4 Å². The number of carboxylic acid groups (broad SMARTS) is 1. The van der Waals surface area contributed by atoms with Crippen LogP contribution in [0.5, 0.6) is 0 Å². The molecule has 1 heterocycles. The van der Waals surface area contributed by atoms with Gasteiger partial charge < -0.3 is 5.11 Å². The second-order valence-corrected chi connectivity index (χ2v) is 3.78. The molecule has 0 unspecified atom stereocenters. The van der Waals surface area contributed by atoms with Gasteiger partial charge in [-0.15, -0.1) is 0 Å². The number of aliphatic carboxylic acids is 1. The minimum absolute atomic E-state index is 0.0566. The first-order chi connectivity index (χ1) is 9.24. The summed E-state index contributed by atoms with van der Waals surface area (Å²) in [6, 6.07) is 0. The Hall–Kier alpha value is -2.38. The molecule has 5 nitrogen and oxygen atoms in total. The van der Waals surface area contributed by atoms with Crippen molar-refractivity contribution in [2.24, 2.45) is 0 Å². The molecule has 2 N–H and O–H groups in total. The second-order valence-electron chi connectivity index (χ2n) is 3.78. The van der Waals surface area contributed by atoms with E-state index >= 15 is 0 Å². The third kappa shape index (κ3) is 4.38. The second kappa shape index (κ2) is 6.18. The van der Waals surface area contributed by atoms with Crippen LogP contribution >= 0.6 is 0 Å². The molecule has 0 bridgehead atoms. The van der Waals surface area contributed by atoms with Crippen molar-refractivity contribution in [1.29, 1.82) is 0 Å². The number of rotatable bonds is 4. The third-order valence-corrected chi connectivity index (χ3v) is 2.27. The van der Waals surface area contributed by atoms with E-state index in [-0.39, 0.29) is 17.2 Å². The molecule has 108 valence electrons. The van der Waals surface area contributed by atoms with Gasteiger partial charge in [-0.05, 0) is 26.0 Å². The maximum absolute atomic E-state index is 12.5. The molecular weight excluding hydrogens is 275 g/mol. The molecule has 20 heavy (non-hydrogen) atoms. The van der Waals surface area contributed by atoms with Crippen molar-refractivity contribution in [2.45, 2.75) is 20.0 Å². The summed E-state index contributed by atoms with van der Waals surface area (Å²) in [6.45, 7) is 2.50. The Balaban J connectivity index is 3.02. The van der Waals surface area contributed by atoms with Crippen LogP contribution in [0.3, 0.4) is 0 Å². The number of hydrogen-bond donors (Lipinski definition) is 2. The van der Waals surface area contributed by atoms with E-state index in [1.807, 2.05) is 0 Å². The Bertz CT molecular complexity index is 583. The van der Waals surface area contributed by atoms with E-state index in [2.05, 4.69) is 15.2 Å². The number of nitrogens with zero attached hydrogens (tertiary/aromatic N) is 2. The van der Waals surface area contributed by atoms with Crippen LogP contribution in [0.1, 0.15) is 25.5 Å². The number of carboxylic acids is 1. The number of halogens is 3. The van der Waals surface area contributed by atoms with Crippen LogP contribution in [0, 0.1) is 0 Å². The number of carbonyl (C=O) groups is 1. The number of allylic oxidation sites excluding steroid dienone is 4. The average Bonchev–Trinajstić information content (AvgIpc) is 2.80. The summed E-state index contributed by atoms with van der Waals surface area (Å²) in [4.78, 5) is 14.2. The molecule has 1 rings (SSSR count). The number of aromatic amines is 1. The van der Waals surface area contributed by atoms with E-state index in [0.717, 1.165) is 25.2 Å². The van der Waals surface area contributed by atoms with Crippen molar-refractivity contribution in [3.8, 4) is 0 Å². The molecule has 0 aliphatic heterocycles. The fourth-order valence-electron chi connectivity index (χ4n) is 1.22. The molecule has 0 fully saturated rings. The first-order valence-electron chi connectivity index (χ1n) is 5.49. The van der Waals surface area contributed by atoms with Gasteiger partial charge in [0.15, 0.2) is 5.82 Å². The zero-order valence-electron chi connectivity index (χ0n) is 10.7. The van der Waals surface area contributed by atoms with Crippen LogP contribution in [0.25, 0.3) is 11.6 Å². The highest BCUT2D eigenvalue weighted by atomic mass is 19.4. The van der Waals surface area contributed by atoms with E-state index in [4.69, 9.17) is 5.11 Å². The van der Waals surface area contributed by atoms with Gasteiger partial charge in [0.25, 0.3) is 0 Å². The van der Waals surface area contributed by atoms with Gasteiger partial charge in [-0.2, -0.15) is 18.3 Å². The zero-order chi connectivity index (χ0) is 15.3. The molecule has 0 aliphatic rings. The maximum atomic E-state index is 12.5. The molecule has 0 aromatic carbocycles. The van der Waals surface area contributed by atoms with Gasteiger partial charge in [0.05, 0.1) is 0 Å². The molecule has 0 saturated heterocycles. The smallest absolute Gasteiger partial charge is 0.412 e. The molecule has 0 saturated carbocycles. The lowest BCUT2D eigenvalue weighted by atomic mass is 10.1. The van der Waals surface area contributed by atoms with Gasteiger partial charge >= 0.3 is 12.1 Å². The number of nitrogens with one attached hydrogen (secondary N) is 1. The molecule has 0 atom stereocenters. The fraction of sp³-hybridized carbons (Fsp3) is 0.250. The quantitative estimate of drug-likeness (QED) is 0.659. The van der Waals surface area contributed by atoms with E-state index in [0.29, 0.717) is 0 Å². The zero-order valence-corrected chi connectivity index (χ0v) is 10.7. The van der Waals surface area contributed by atoms with Crippen molar-refractivity contribution >= 4 is 17.6 Å². The molecule has 8 heteroatoms. The summed E-state index contributed by atoms with van der Waals surface area (Å²) in [6.07, 6.45) is -0.0591. The van der Waals surface area contributed by atoms with Crippen LogP contribution < -0.4 is 0 Å². The summed E-state index contributed by atoms with van der Waals surface area (Å²) in [5.74, 6) is -0.969.